The van der Waals surface area contributed by atoms with Gasteiger partial charge in [0, 0.05) is 42.7 Å². The number of nitrogens with zero attached hydrogens (tertiary/aromatic N) is 6. The predicted octanol–water partition coefficient (Wildman–Crippen LogP) is 4.23. The smallest absolute Gasteiger partial charge is 0.341 e. The number of aromatic nitrogens is 5. The number of carboxylic acids is 1. The Kier molecular flexibility index (Phi) is 6.40. The summed E-state index contributed by atoms with van der Waals surface area (Å²) in [5, 5.41) is 19.3. The largest absolute Gasteiger partial charge is 0.477 e. The minimum atomic E-state index is -1.12. The van der Waals surface area contributed by atoms with Gasteiger partial charge >= 0.3 is 5.97 Å². The molecule has 1 aliphatic carbocycles. The average Bonchev–Trinajstić information content (AvgIpc) is 3.69. The van der Waals surface area contributed by atoms with Crippen LogP contribution in [0.5, 0.6) is 0 Å². The minimum absolute atomic E-state index is 0.00456. The van der Waals surface area contributed by atoms with Gasteiger partial charge in [-0.1, -0.05) is 19.1 Å². The number of carboxylic acid groups (broad SMARTS) is 1. The van der Waals surface area contributed by atoms with Gasteiger partial charge in [-0.25, -0.2) is 19.0 Å². The van der Waals surface area contributed by atoms with Crippen LogP contribution in [0.3, 0.4) is 0 Å². The van der Waals surface area contributed by atoms with E-state index in [4.69, 9.17) is 4.74 Å². The average molecular weight is 515 g/mol. The molecule has 196 valence electrons. The second-order valence-electron chi connectivity index (χ2n) is 10.3. The van der Waals surface area contributed by atoms with Gasteiger partial charge in [-0.2, -0.15) is 5.10 Å². The van der Waals surface area contributed by atoms with E-state index in [0.717, 1.165) is 42.6 Å². The fraction of sp³-hybridized carbons (Fsp3) is 0.393. The van der Waals surface area contributed by atoms with E-state index >= 15 is 0 Å². The first-order chi connectivity index (χ1) is 18.5. The normalized spacial score (nSPS) is 21.6. The van der Waals surface area contributed by atoms with Crippen molar-refractivity contribution >= 4 is 23.3 Å². The molecule has 3 aromatic heterocycles. The third-order valence-corrected chi connectivity index (χ3v) is 7.69. The lowest BCUT2D eigenvalue weighted by molar-refractivity contribution is -0.124. The van der Waals surface area contributed by atoms with Gasteiger partial charge in [0.05, 0.1) is 24.0 Å². The summed E-state index contributed by atoms with van der Waals surface area (Å²) in [6, 6.07) is 11.1. The molecular weight excluding hydrogens is 484 g/mol. The summed E-state index contributed by atoms with van der Waals surface area (Å²) < 4.78 is 8.85. The quantitative estimate of drug-likeness (QED) is 0.409. The van der Waals surface area contributed by atoms with Gasteiger partial charge in [0.15, 0.2) is 11.5 Å². The van der Waals surface area contributed by atoms with Gasteiger partial charge in [-0.15, -0.1) is 5.10 Å². The fourth-order valence-corrected chi connectivity index (χ4v) is 5.47. The molecule has 1 aromatic carbocycles. The Morgan fingerprint density at radius 2 is 1.87 bits per heavy atom. The Hall–Kier alpha value is -4.05. The van der Waals surface area contributed by atoms with Gasteiger partial charge in [-0.05, 0) is 56.2 Å². The van der Waals surface area contributed by atoms with Crippen LogP contribution >= 0.6 is 0 Å². The summed E-state index contributed by atoms with van der Waals surface area (Å²) in [5.41, 5.74) is 3.12. The molecule has 4 aromatic rings. The van der Waals surface area contributed by atoms with E-state index in [1.54, 1.807) is 15.6 Å². The maximum atomic E-state index is 13.8. The number of carbonyl (C=O) groups is 2. The lowest BCUT2D eigenvalue weighted by Gasteiger charge is -2.33. The van der Waals surface area contributed by atoms with E-state index in [1.807, 2.05) is 42.6 Å². The molecule has 1 unspecified atom stereocenters. The molecule has 0 spiro atoms. The van der Waals surface area contributed by atoms with Crippen LogP contribution in [0, 0.1) is 11.8 Å². The molecule has 2 fully saturated rings. The number of hydrogen-bond donors (Lipinski definition) is 1. The highest BCUT2D eigenvalue weighted by Gasteiger charge is 2.38. The zero-order valence-corrected chi connectivity index (χ0v) is 21.2. The molecule has 0 radical (unpaired) electrons. The van der Waals surface area contributed by atoms with Gasteiger partial charge in [-0.3, -0.25) is 9.69 Å². The second-order valence-corrected chi connectivity index (χ2v) is 10.3. The predicted molar refractivity (Wildman–Crippen MR) is 140 cm³/mol. The van der Waals surface area contributed by atoms with Crippen LogP contribution < -0.4 is 4.90 Å². The molecule has 2 aliphatic rings. The van der Waals surface area contributed by atoms with Crippen molar-refractivity contribution in [3.05, 3.63) is 60.6 Å². The molecule has 1 amide bonds. The molecule has 4 heterocycles. The van der Waals surface area contributed by atoms with Crippen molar-refractivity contribution in [1.82, 2.24) is 24.4 Å². The molecule has 6 rings (SSSR count). The summed E-state index contributed by atoms with van der Waals surface area (Å²) in [6.07, 6.45) is 9.33. The molecule has 38 heavy (non-hydrogen) atoms. The van der Waals surface area contributed by atoms with E-state index in [0.29, 0.717) is 31.2 Å². The highest BCUT2D eigenvalue weighted by Crippen LogP contribution is 2.34. The van der Waals surface area contributed by atoms with E-state index in [-0.39, 0.29) is 29.2 Å². The lowest BCUT2D eigenvalue weighted by Crippen LogP contribution is -2.46. The van der Waals surface area contributed by atoms with E-state index in [1.165, 1.54) is 10.9 Å². The van der Waals surface area contributed by atoms with Crippen LogP contribution in [0.4, 0.5) is 5.82 Å². The lowest BCUT2D eigenvalue weighted by atomic mass is 9.82. The maximum Gasteiger partial charge on any atom is 0.341 e. The van der Waals surface area contributed by atoms with Crippen LogP contribution in [-0.4, -0.2) is 60.6 Å². The Labute approximate surface area is 219 Å². The number of amides is 1. The van der Waals surface area contributed by atoms with Crippen molar-refractivity contribution in [2.75, 3.05) is 18.1 Å². The second kappa shape index (κ2) is 10.0. The van der Waals surface area contributed by atoms with E-state index in [2.05, 4.69) is 22.1 Å². The van der Waals surface area contributed by atoms with Crippen molar-refractivity contribution in [1.29, 1.82) is 0 Å². The Bertz CT molecular complexity index is 1430. The van der Waals surface area contributed by atoms with E-state index in [9.17, 15) is 14.7 Å². The fourth-order valence-electron chi connectivity index (χ4n) is 5.47. The first-order valence-corrected chi connectivity index (χ1v) is 13.1. The summed E-state index contributed by atoms with van der Waals surface area (Å²) >= 11 is 0. The first kappa shape index (κ1) is 24.3. The Morgan fingerprint density at radius 1 is 1.08 bits per heavy atom. The van der Waals surface area contributed by atoms with Crippen LogP contribution in [0.1, 0.15) is 49.4 Å². The molecule has 10 heteroatoms. The van der Waals surface area contributed by atoms with Gasteiger partial charge in [0.2, 0.25) is 5.91 Å². The van der Waals surface area contributed by atoms with Gasteiger partial charge < -0.3 is 9.84 Å². The monoisotopic (exact) mass is 514 g/mol. The number of fused-ring (bicyclic) bond motifs is 1. The molecule has 1 N–H and O–H groups in total. The third kappa shape index (κ3) is 4.56. The highest BCUT2D eigenvalue weighted by atomic mass is 16.5. The Morgan fingerprint density at radius 3 is 2.55 bits per heavy atom. The third-order valence-electron chi connectivity index (χ3n) is 7.69. The number of hydrogen-bond acceptors (Lipinski definition) is 6. The van der Waals surface area contributed by atoms with Crippen LogP contribution in [0.2, 0.25) is 0 Å². The summed E-state index contributed by atoms with van der Waals surface area (Å²) in [4.78, 5) is 32.0. The topological polar surface area (TPSA) is 115 Å². The molecule has 10 nitrogen and oxygen atoms in total. The number of ether oxygens (including phenoxy) is 1. The Balaban J connectivity index is 1.33. The number of benzene rings is 1. The van der Waals surface area contributed by atoms with Crippen molar-refractivity contribution in [3.63, 3.8) is 0 Å². The van der Waals surface area contributed by atoms with Gasteiger partial charge in [0.1, 0.15) is 5.56 Å². The highest BCUT2D eigenvalue weighted by molar-refractivity contribution is 6.02. The number of carbonyl (C=O) groups excluding carboxylic acids is 1. The van der Waals surface area contributed by atoms with E-state index < -0.39 is 5.97 Å². The molecule has 1 saturated heterocycles. The number of anilines is 1. The summed E-state index contributed by atoms with van der Waals surface area (Å²) in [7, 11) is 0. The maximum absolute atomic E-state index is 13.8. The molecular formula is C28H30N6O4. The zero-order chi connectivity index (χ0) is 26.2. The minimum Gasteiger partial charge on any atom is -0.477 e. The van der Waals surface area contributed by atoms with Crippen LogP contribution in [0.25, 0.3) is 22.6 Å². The molecule has 1 atom stereocenters. The zero-order valence-electron chi connectivity index (χ0n) is 21.2. The SMILES string of the molecule is CC1CCC(C(=O)N(c2nn(-c3ccc(-c4cc5ncccn5n4)cc3)cc2C(=O)O)C2CCOC2)CC1. The molecule has 1 aliphatic heterocycles. The molecule has 1 saturated carbocycles. The number of aromatic carboxylic acids is 1. The summed E-state index contributed by atoms with van der Waals surface area (Å²) in [5.74, 6) is -0.495. The van der Waals surface area contributed by atoms with Crippen molar-refractivity contribution in [2.24, 2.45) is 11.8 Å². The standard InChI is InChI=1S/C28H30N6O4/c1-18-3-5-20(6-4-18)27(35)34(22-11-14-38-17-22)26-23(28(36)37)16-33(31-26)21-9-7-19(8-10-21)24-15-25-29-12-2-13-32(25)30-24/h2,7-10,12-13,15-16,18,20,22H,3-6,11,14,17H2,1H3,(H,36,37). The van der Waals surface area contributed by atoms with Crippen LogP contribution in [-0.2, 0) is 9.53 Å². The van der Waals surface area contributed by atoms with Gasteiger partial charge in [0.25, 0.3) is 0 Å². The number of rotatable bonds is 6. The van der Waals surface area contributed by atoms with Crippen molar-refractivity contribution in [3.8, 4) is 16.9 Å². The van der Waals surface area contributed by atoms with Crippen molar-refractivity contribution < 1.29 is 19.4 Å². The summed E-state index contributed by atoms with van der Waals surface area (Å²) in [6.45, 7) is 3.13. The van der Waals surface area contributed by atoms with Crippen LogP contribution in [0.15, 0.2) is 55.0 Å². The molecule has 0 bridgehead atoms. The first-order valence-electron chi connectivity index (χ1n) is 13.1. The van der Waals surface area contributed by atoms with Crippen molar-refractivity contribution in [2.45, 2.75) is 45.1 Å².